The van der Waals surface area contributed by atoms with Crippen LogP contribution in [0.5, 0.6) is 0 Å². The molecule has 36 heavy (non-hydrogen) atoms. The van der Waals surface area contributed by atoms with Gasteiger partial charge in [-0.2, -0.15) is 15.1 Å². The van der Waals surface area contributed by atoms with Gasteiger partial charge in [0.15, 0.2) is 5.82 Å². The normalized spacial score (nSPS) is 22.1. The Kier molecular flexibility index (Phi) is 5.98. The number of aliphatic hydroxyl groups excluding tert-OH is 1. The van der Waals surface area contributed by atoms with Gasteiger partial charge in [-0.1, -0.05) is 6.07 Å². The molecule has 11 nitrogen and oxygen atoms in total. The molecule has 5 heterocycles. The lowest BCUT2D eigenvalue weighted by atomic mass is 9.93. The standard InChI is InChI=1S/C25H29N9O2/c35-17-10-8-16(9-11-17)27-23(36)19-15-21(32-31-19)28-24-30-25(29-22-7-4-14-34(22)24)33-13-3-6-20(33)18-5-1-2-12-26-18/h1-2,4-5,7,12,14-17,20,35H,3,6,8-11,13H2,(H,27,36)(H2,28,29,30,31,32). The van der Waals surface area contributed by atoms with Crippen LogP contribution in [0, 0.1) is 0 Å². The molecule has 0 bridgehead atoms. The Balaban J connectivity index is 1.22. The zero-order chi connectivity index (χ0) is 24.5. The summed E-state index contributed by atoms with van der Waals surface area (Å²) in [6, 6.07) is 11.7. The highest BCUT2D eigenvalue weighted by Gasteiger charge is 2.30. The van der Waals surface area contributed by atoms with Gasteiger partial charge in [-0.05, 0) is 62.8 Å². The van der Waals surface area contributed by atoms with Gasteiger partial charge in [0.25, 0.3) is 5.91 Å². The monoisotopic (exact) mass is 487 g/mol. The minimum atomic E-state index is -0.260. The Morgan fingerprint density at radius 2 is 1.97 bits per heavy atom. The van der Waals surface area contributed by atoms with Crippen molar-refractivity contribution in [2.45, 2.75) is 56.7 Å². The number of aliphatic hydroxyl groups is 1. The molecule has 4 aromatic rings. The van der Waals surface area contributed by atoms with E-state index in [0.717, 1.165) is 43.6 Å². The number of amides is 1. The molecule has 0 spiro atoms. The molecule has 1 amide bonds. The summed E-state index contributed by atoms with van der Waals surface area (Å²) in [5.41, 5.74) is 2.15. The lowest BCUT2D eigenvalue weighted by Crippen LogP contribution is -2.38. The van der Waals surface area contributed by atoms with Crippen molar-refractivity contribution in [3.05, 3.63) is 60.2 Å². The van der Waals surface area contributed by atoms with Gasteiger partial charge in [0.05, 0.1) is 17.8 Å². The van der Waals surface area contributed by atoms with E-state index in [4.69, 9.17) is 9.97 Å². The molecule has 1 atom stereocenters. The third-order valence-corrected chi connectivity index (χ3v) is 7.01. The number of fused-ring (bicyclic) bond motifs is 1. The average Bonchev–Trinajstić information content (AvgIpc) is 3.66. The van der Waals surface area contributed by atoms with Crippen molar-refractivity contribution in [3.8, 4) is 0 Å². The number of nitrogens with one attached hydrogen (secondary N) is 3. The fourth-order valence-corrected chi connectivity index (χ4v) is 5.12. The van der Waals surface area contributed by atoms with E-state index in [-0.39, 0.29) is 24.1 Å². The molecule has 186 valence electrons. The van der Waals surface area contributed by atoms with Crippen molar-refractivity contribution in [2.24, 2.45) is 0 Å². The molecule has 4 N–H and O–H groups in total. The number of H-pyrrole nitrogens is 1. The van der Waals surface area contributed by atoms with Gasteiger partial charge >= 0.3 is 0 Å². The lowest BCUT2D eigenvalue weighted by molar-refractivity contribution is 0.0863. The number of pyridine rings is 1. The van der Waals surface area contributed by atoms with Crippen molar-refractivity contribution in [1.82, 2.24) is 34.9 Å². The summed E-state index contributed by atoms with van der Waals surface area (Å²) in [4.78, 5) is 29.1. The van der Waals surface area contributed by atoms with Gasteiger partial charge in [0, 0.05) is 31.0 Å². The summed E-state index contributed by atoms with van der Waals surface area (Å²) in [5.74, 6) is 1.47. The van der Waals surface area contributed by atoms with E-state index < -0.39 is 0 Å². The second-order valence-electron chi connectivity index (χ2n) is 9.46. The topological polar surface area (TPSA) is 136 Å². The molecule has 2 fully saturated rings. The van der Waals surface area contributed by atoms with Gasteiger partial charge in [-0.15, -0.1) is 0 Å². The number of rotatable bonds is 6. The smallest absolute Gasteiger partial charge is 0.269 e. The van der Waals surface area contributed by atoms with Crippen LogP contribution in [0.15, 0.2) is 48.8 Å². The molecule has 6 rings (SSSR count). The minimum absolute atomic E-state index is 0.0667. The summed E-state index contributed by atoms with van der Waals surface area (Å²) in [6.45, 7) is 0.850. The van der Waals surface area contributed by atoms with E-state index in [1.54, 1.807) is 6.07 Å². The predicted molar refractivity (Wildman–Crippen MR) is 134 cm³/mol. The first-order valence-electron chi connectivity index (χ1n) is 12.5. The van der Waals surface area contributed by atoms with Crippen LogP contribution in [-0.4, -0.2) is 59.3 Å². The van der Waals surface area contributed by atoms with Crippen LogP contribution in [0.2, 0.25) is 0 Å². The molecule has 1 unspecified atom stereocenters. The molecule has 2 aliphatic rings. The van der Waals surface area contributed by atoms with Crippen LogP contribution in [0.25, 0.3) is 5.65 Å². The molecule has 1 saturated carbocycles. The second-order valence-corrected chi connectivity index (χ2v) is 9.46. The highest BCUT2D eigenvalue weighted by molar-refractivity contribution is 5.93. The summed E-state index contributed by atoms with van der Waals surface area (Å²) in [6.07, 6.45) is 8.45. The zero-order valence-electron chi connectivity index (χ0n) is 19.8. The largest absolute Gasteiger partial charge is 0.393 e. The van der Waals surface area contributed by atoms with Gasteiger partial charge in [-0.25, -0.2) is 0 Å². The summed E-state index contributed by atoms with van der Waals surface area (Å²) in [7, 11) is 0. The maximum absolute atomic E-state index is 12.7. The highest BCUT2D eigenvalue weighted by Crippen LogP contribution is 2.34. The molecular formula is C25H29N9O2. The number of hydrogen-bond acceptors (Lipinski definition) is 8. The lowest BCUT2D eigenvalue weighted by Gasteiger charge is -2.25. The molecular weight excluding hydrogens is 458 g/mol. The molecule has 0 radical (unpaired) electrons. The third-order valence-electron chi connectivity index (χ3n) is 7.01. The number of aromatic amines is 1. The fourth-order valence-electron chi connectivity index (χ4n) is 5.12. The van der Waals surface area contributed by atoms with E-state index in [0.29, 0.717) is 36.3 Å². The maximum Gasteiger partial charge on any atom is 0.269 e. The molecule has 1 saturated heterocycles. The Labute approximate surface area is 208 Å². The SMILES string of the molecule is O=C(NC1CCC(O)CC1)c1cc(Nc2nc(N3CCCC3c3ccccn3)nc3cccn23)n[nH]1. The van der Waals surface area contributed by atoms with E-state index in [2.05, 4.69) is 30.7 Å². The first kappa shape index (κ1) is 22.5. The quantitative estimate of drug-likeness (QED) is 0.326. The maximum atomic E-state index is 12.7. The van der Waals surface area contributed by atoms with Crippen molar-refractivity contribution >= 4 is 29.3 Å². The Morgan fingerprint density at radius 1 is 1.08 bits per heavy atom. The Bertz CT molecular complexity index is 1340. The molecule has 1 aliphatic carbocycles. The Hall–Kier alpha value is -3.99. The van der Waals surface area contributed by atoms with Crippen LogP contribution in [0.1, 0.15) is 60.7 Å². The third kappa shape index (κ3) is 4.49. The van der Waals surface area contributed by atoms with Crippen LogP contribution >= 0.6 is 0 Å². The first-order chi connectivity index (χ1) is 17.6. The van der Waals surface area contributed by atoms with Crippen LogP contribution in [0.3, 0.4) is 0 Å². The number of hydrogen-bond donors (Lipinski definition) is 4. The van der Waals surface area contributed by atoms with Crippen LogP contribution in [-0.2, 0) is 0 Å². The summed E-state index contributed by atoms with van der Waals surface area (Å²) in [5, 5.41) is 23.1. The van der Waals surface area contributed by atoms with E-state index in [1.807, 2.05) is 47.1 Å². The van der Waals surface area contributed by atoms with Crippen molar-refractivity contribution < 1.29 is 9.90 Å². The van der Waals surface area contributed by atoms with Gasteiger partial charge in [0.1, 0.15) is 11.3 Å². The number of aromatic nitrogens is 6. The van der Waals surface area contributed by atoms with Gasteiger partial charge < -0.3 is 20.6 Å². The zero-order valence-corrected chi connectivity index (χ0v) is 19.8. The van der Waals surface area contributed by atoms with E-state index in [1.165, 1.54) is 0 Å². The molecule has 0 aromatic carbocycles. The second kappa shape index (κ2) is 9.57. The highest BCUT2D eigenvalue weighted by atomic mass is 16.3. The van der Waals surface area contributed by atoms with Crippen LogP contribution in [0.4, 0.5) is 17.7 Å². The summed E-state index contributed by atoms with van der Waals surface area (Å²) < 4.78 is 1.86. The Morgan fingerprint density at radius 3 is 2.81 bits per heavy atom. The van der Waals surface area contributed by atoms with E-state index >= 15 is 0 Å². The minimum Gasteiger partial charge on any atom is -0.393 e. The number of anilines is 3. The van der Waals surface area contributed by atoms with Crippen molar-refractivity contribution in [2.75, 3.05) is 16.8 Å². The molecule has 11 heteroatoms. The predicted octanol–water partition coefficient (Wildman–Crippen LogP) is 2.97. The van der Waals surface area contributed by atoms with Crippen LogP contribution < -0.4 is 15.5 Å². The molecule has 1 aliphatic heterocycles. The fraction of sp³-hybridized carbons (Fsp3) is 0.400. The number of carbonyl (C=O) groups is 1. The van der Waals surface area contributed by atoms with Crippen molar-refractivity contribution in [1.29, 1.82) is 0 Å². The summed E-state index contributed by atoms with van der Waals surface area (Å²) >= 11 is 0. The van der Waals surface area contributed by atoms with Gasteiger partial charge in [0.2, 0.25) is 11.9 Å². The first-order valence-corrected chi connectivity index (χ1v) is 12.5. The van der Waals surface area contributed by atoms with E-state index in [9.17, 15) is 9.90 Å². The molecule has 4 aromatic heterocycles. The number of nitrogens with zero attached hydrogens (tertiary/aromatic N) is 6. The number of carbonyl (C=O) groups excluding carboxylic acids is 1. The van der Waals surface area contributed by atoms with Crippen molar-refractivity contribution in [3.63, 3.8) is 0 Å². The average molecular weight is 488 g/mol. The van der Waals surface area contributed by atoms with Gasteiger partial charge in [-0.3, -0.25) is 19.3 Å².